The quantitative estimate of drug-likeness (QED) is 0.943. The molecular weight excluding hydrogens is 284 g/mol. The van der Waals surface area contributed by atoms with Gasteiger partial charge in [0.1, 0.15) is 0 Å². The third-order valence-electron chi connectivity index (χ3n) is 3.86. The number of hydrogen-bond donors (Lipinski definition) is 1. The van der Waals surface area contributed by atoms with Crippen LogP contribution in [0.5, 0.6) is 0 Å². The zero-order valence-corrected chi connectivity index (χ0v) is 13.0. The van der Waals surface area contributed by atoms with Crippen molar-refractivity contribution in [2.75, 3.05) is 25.1 Å². The van der Waals surface area contributed by atoms with Crippen LogP contribution in [0, 0.1) is 0 Å². The summed E-state index contributed by atoms with van der Waals surface area (Å²) in [6.45, 7) is 1.92. The van der Waals surface area contributed by atoms with E-state index in [9.17, 15) is 5.11 Å². The lowest BCUT2D eigenvalue weighted by molar-refractivity contribution is 0.0893. The maximum absolute atomic E-state index is 9.62. The Bertz CT molecular complexity index is 585. The van der Waals surface area contributed by atoms with Crippen LogP contribution in [0.25, 0.3) is 11.3 Å². The molecule has 1 saturated heterocycles. The molecule has 1 N–H and O–H groups in total. The summed E-state index contributed by atoms with van der Waals surface area (Å²) in [5.41, 5.74) is 1.96. The number of thiazole rings is 1. The lowest BCUT2D eigenvalue weighted by Gasteiger charge is -2.31. The molecule has 1 aliphatic heterocycles. The molecule has 1 aromatic heterocycles. The monoisotopic (exact) mass is 304 g/mol. The van der Waals surface area contributed by atoms with Crippen molar-refractivity contribution in [1.82, 2.24) is 4.98 Å². The number of aliphatic hydroxyl groups excluding tert-OH is 1. The molecule has 112 valence electrons. The number of aromatic nitrogens is 1. The van der Waals surface area contributed by atoms with Crippen molar-refractivity contribution in [3.05, 3.63) is 35.2 Å². The van der Waals surface area contributed by atoms with E-state index in [1.165, 1.54) is 0 Å². The SMILES string of the molecule is COC1CCCN(c2nc(-c3ccccc3)c(CO)s2)C1. The Morgan fingerprint density at radius 2 is 2.19 bits per heavy atom. The third kappa shape index (κ3) is 3.10. The number of methoxy groups -OCH3 is 1. The lowest BCUT2D eigenvalue weighted by atomic mass is 10.1. The summed E-state index contributed by atoms with van der Waals surface area (Å²) in [5, 5.41) is 10.6. The van der Waals surface area contributed by atoms with Gasteiger partial charge in [0.05, 0.1) is 23.3 Å². The van der Waals surface area contributed by atoms with E-state index in [0.717, 1.165) is 47.2 Å². The van der Waals surface area contributed by atoms with Gasteiger partial charge in [-0.1, -0.05) is 41.7 Å². The molecule has 0 radical (unpaired) electrons. The van der Waals surface area contributed by atoms with Gasteiger partial charge in [0.25, 0.3) is 0 Å². The summed E-state index contributed by atoms with van der Waals surface area (Å²) in [6, 6.07) is 10.1. The fourth-order valence-electron chi connectivity index (χ4n) is 2.71. The van der Waals surface area contributed by atoms with Crippen LogP contribution in [0.3, 0.4) is 0 Å². The number of benzene rings is 1. The molecule has 0 spiro atoms. The molecule has 5 heteroatoms. The van der Waals surface area contributed by atoms with Gasteiger partial charge in [0, 0.05) is 25.8 Å². The predicted octanol–water partition coefficient (Wildman–Crippen LogP) is 2.92. The van der Waals surface area contributed by atoms with Gasteiger partial charge in [-0.3, -0.25) is 0 Å². The number of rotatable bonds is 4. The number of aliphatic hydroxyl groups is 1. The lowest BCUT2D eigenvalue weighted by Crippen LogP contribution is -2.39. The molecule has 2 aromatic rings. The van der Waals surface area contributed by atoms with Gasteiger partial charge in [-0.05, 0) is 12.8 Å². The minimum Gasteiger partial charge on any atom is -0.391 e. The first-order valence-corrected chi connectivity index (χ1v) is 8.07. The van der Waals surface area contributed by atoms with Gasteiger partial charge in [-0.15, -0.1) is 0 Å². The minimum absolute atomic E-state index is 0.0312. The maximum Gasteiger partial charge on any atom is 0.186 e. The Hall–Kier alpha value is -1.43. The van der Waals surface area contributed by atoms with Crippen molar-refractivity contribution in [3.8, 4) is 11.3 Å². The smallest absolute Gasteiger partial charge is 0.186 e. The van der Waals surface area contributed by atoms with Gasteiger partial charge < -0.3 is 14.7 Å². The first kappa shape index (κ1) is 14.5. The molecule has 21 heavy (non-hydrogen) atoms. The van der Waals surface area contributed by atoms with Crippen LogP contribution in [0.4, 0.5) is 5.13 Å². The molecule has 1 unspecified atom stereocenters. The second-order valence-electron chi connectivity index (χ2n) is 5.24. The molecule has 0 aliphatic carbocycles. The molecule has 0 bridgehead atoms. The van der Waals surface area contributed by atoms with Gasteiger partial charge in [-0.25, -0.2) is 4.98 Å². The first-order chi connectivity index (χ1) is 10.3. The fraction of sp³-hybridized carbons (Fsp3) is 0.438. The van der Waals surface area contributed by atoms with E-state index in [-0.39, 0.29) is 12.7 Å². The summed E-state index contributed by atoms with van der Waals surface area (Å²) in [5.74, 6) is 0. The molecule has 1 aliphatic rings. The third-order valence-corrected chi connectivity index (χ3v) is 4.96. The maximum atomic E-state index is 9.62. The minimum atomic E-state index is 0.0312. The molecule has 1 aromatic carbocycles. The highest BCUT2D eigenvalue weighted by Gasteiger charge is 2.23. The van der Waals surface area contributed by atoms with E-state index in [1.54, 1.807) is 18.4 Å². The molecule has 4 nitrogen and oxygen atoms in total. The van der Waals surface area contributed by atoms with Crippen LogP contribution in [-0.4, -0.2) is 36.4 Å². The average Bonchev–Trinajstić information content (AvgIpc) is 3.00. The van der Waals surface area contributed by atoms with Crippen LogP contribution in [0.1, 0.15) is 17.7 Å². The molecule has 0 amide bonds. The standard InChI is InChI=1S/C16H20N2O2S/c1-20-13-8-5-9-18(10-13)16-17-15(14(11-19)21-16)12-6-3-2-4-7-12/h2-4,6-7,13,19H,5,8-11H2,1H3. The molecule has 1 fully saturated rings. The van der Waals surface area contributed by atoms with Crippen LogP contribution in [0.2, 0.25) is 0 Å². The van der Waals surface area contributed by atoms with Crippen LogP contribution in [-0.2, 0) is 11.3 Å². The highest BCUT2D eigenvalue weighted by Crippen LogP contribution is 2.34. The number of nitrogens with zero attached hydrogens (tertiary/aromatic N) is 2. The number of hydrogen-bond acceptors (Lipinski definition) is 5. The summed E-state index contributed by atoms with van der Waals surface area (Å²) in [6.07, 6.45) is 2.50. The predicted molar refractivity (Wildman–Crippen MR) is 85.7 cm³/mol. The van der Waals surface area contributed by atoms with Crippen LogP contribution >= 0.6 is 11.3 Å². The van der Waals surface area contributed by atoms with Gasteiger partial charge in [0.15, 0.2) is 5.13 Å². The molecular formula is C16H20N2O2S. The largest absolute Gasteiger partial charge is 0.391 e. The Morgan fingerprint density at radius 3 is 2.90 bits per heavy atom. The van der Waals surface area contributed by atoms with Crippen LogP contribution in [0.15, 0.2) is 30.3 Å². The van der Waals surface area contributed by atoms with Crippen molar-refractivity contribution in [1.29, 1.82) is 0 Å². The van der Waals surface area contributed by atoms with Gasteiger partial charge in [-0.2, -0.15) is 0 Å². The Balaban J connectivity index is 1.89. The van der Waals surface area contributed by atoms with E-state index in [2.05, 4.69) is 4.90 Å². The summed E-state index contributed by atoms with van der Waals surface area (Å²) < 4.78 is 5.48. The fourth-order valence-corrected chi connectivity index (χ4v) is 3.68. The average molecular weight is 304 g/mol. The van der Waals surface area contributed by atoms with Crippen molar-refractivity contribution in [2.45, 2.75) is 25.6 Å². The van der Waals surface area contributed by atoms with Crippen molar-refractivity contribution < 1.29 is 9.84 Å². The topological polar surface area (TPSA) is 45.6 Å². The number of anilines is 1. The van der Waals surface area contributed by atoms with E-state index in [4.69, 9.17) is 9.72 Å². The summed E-state index contributed by atoms with van der Waals surface area (Å²) >= 11 is 1.58. The highest BCUT2D eigenvalue weighted by atomic mass is 32.1. The van der Waals surface area contributed by atoms with E-state index < -0.39 is 0 Å². The highest BCUT2D eigenvalue weighted by molar-refractivity contribution is 7.16. The van der Waals surface area contributed by atoms with Gasteiger partial charge in [0.2, 0.25) is 0 Å². The number of piperidine rings is 1. The second-order valence-corrected chi connectivity index (χ2v) is 6.30. The molecule has 2 heterocycles. The van der Waals surface area contributed by atoms with Crippen molar-refractivity contribution in [2.24, 2.45) is 0 Å². The zero-order chi connectivity index (χ0) is 14.7. The van der Waals surface area contributed by atoms with Crippen molar-refractivity contribution in [3.63, 3.8) is 0 Å². The van der Waals surface area contributed by atoms with Crippen LogP contribution < -0.4 is 4.90 Å². The normalized spacial score (nSPS) is 19.0. The Labute approximate surface area is 129 Å². The Morgan fingerprint density at radius 1 is 1.38 bits per heavy atom. The zero-order valence-electron chi connectivity index (χ0n) is 12.2. The summed E-state index contributed by atoms with van der Waals surface area (Å²) in [4.78, 5) is 7.97. The van der Waals surface area contributed by atoms with Crippen molar-refractivity contribution >= 4 is 16.5 Å². The Kier molecular flexibility index (Phi) is 4.53. The number of ether oxygens (including phenoxy) is 1. The van der Waals surface area contributed by atoms with E-state index in [1.807, 2.05) is 30.3 Å². The van der Waals surface area contributed by atoms with E-state index in [0.29, 0.717) is 0 Å². The second kappa shape index (κ2) is 6.56. The first-order valence-electron chi connectivity index (χ1n) is 7.25. The molecule has 3 rings (SSSR count). The van der Waals surface area contributed by atoms with Gasteiger partial charge >= 0.3 is 0 Å². The summed E-state index contributed by atoms with van der Waals surface area (Å²) in [7, 11) is 1.77. The molecule has 0 saturated carbocycles. The van der Waals surface area contributed by atoms with E-state index >= 15 is 0 Å². The molecule has 1 atom stereocenters.